The van der Waals surface area contributed by atoms with Crippen molar-refractivity contribution >= 4 is 27.7 Å². The number of halogens is 1. The summed E-state index contributed by atoms with van der Waals surface area (Å²) >= 11 is 3.35. The fourth-order valence-electron chi connectivity index (χ4n) is 2.11. The Hall–Kier alpha value is -1.36. The molecular weight excluding hydrogens is 308 g/mol. The molecule has 1 saturated heterocycles. The Kier molecular flexibility index (Phi) is 4.96. The number of hydrogen-bond donors (Lipinski definition) is 2. The van der Waals surface area contributed by atoms with Gasteiger partial charge < -0.3 is 10.6 Å². The first kappa shape index (κ1) is 14.1. The number of amides is 2. The molecule has 1 atom stereocenters. The van der Waals surface area contributed by atoms with Crippen LogP contribution in [0.1, 0.15) is 24.8 Å². The molecule has 0 aromatic heterocycles. The molecule has 2 rings (SSSR count). The van der Waals surface area contributed by atoms with Gasteiger partial charge in [-0.05, 0) is 37.0 Å². The fourth-order valence-corrected chi connectivity index (χ4v) is 2.37. The average molecular weight is 325 g/mol. The Bertz CT molecular complexity index is 459. The summed E-state index contributed by atoms with van der Waals surface area (Å²) in [5, 5.41) is 5.62. The Morgan fingerprint density at radius 2 is 2.05 bits per heavy atom. The summed E-state index contributed by atoms with van der Waals surface area (Å²) in [6.45, 7) is 0.706. The van der Waals surface area contributed by atoms with Crippen LogP contribution in [-0.2, 0) is 16.0 Å². The van der Waals surface area contributed by atoms with Crippen LogP contribution in [-0.4, -0.2) is 24.4 Å². The summed E-state index contributed by atoms with van der Waals surface area (Å²) < 4.78 is 0.986. The zero-order chi connectivity index (χ0) is 13.7. The number of benzene rings is 1. The number of carbonyl (C=O) groups excluding carboxylic acids is 2. The number of nitrogens with one attached hydrogen (secondary N) is 2. The molecule has 1 fully saturated rings. The zero-order valence-electron chi connectivity index (χ0n) is 10.6. The SMILES string of the molecule is O=C(Cc1ccc(Br)cc1)NC1CCCCNC1=O. The van der Waals surface area contributed by atoms with Gasteiger partial charge in [0.2, 0.25) is 11.8 Å². The normalized spacial score (nSPS) is 19.4. The molecular formula is C14H17BrN2O2. The van der Waals surface area contributed by atoms with Gasteiger partial charge in [0.05, 0.1) is 6.42 Å². The molecule has 2 amide bonds. The van der Waals surface area contributed by atoms with Gasteiger partial charge in [-0.25, -0.2) is 0 Å². The zero-order valence-corrected chi connectivity index (χ0v) is 12.2. The van der Waals surface area contributed by atoms with Gasteiger partial charge in [-0.15, -0.1) is 0 Å². The van der Waals surface area contributed by atoms with E-state index in [1.807, 2.05) is 24.3 Å². The predicted octanol–water partition coefficient (Wildman–Crippen LogP) is 1.78. The highest BCUT2D eigenvalue weighted by atomic mass is 79.9. The standard InChI is InChI=1S/C14H17BrN2O2/c15-11-6-4-10(5-7-11)9-13(18)17-12-3-1-2-8-16-14(12)19/h4-7,12H,1-3,8-9H2,(H,16,19)(H,17,18). The highest BCUT2D eigenvalue weighted by Gasteiger charge is 2.22. The van der Waals surface area contributed by atoms with E-state index in [-0.39, 0.29) is 17.9 Å². The van der Waals surface area contributed by atoms with E-state index in [2.05, 4.69) is 26.6 Å². The van der Waals surface area contributed by atoms with Gasteiger partial charge >= 0.3 is 0 Å². The summed E-state index contributed by atoms with van der Waals surface area (Å²) in [6.07, 6.45) is 2.96. The number of carbonyl (C=O) groups is 2. The third-order valence-electron chi connectivity index (χ3n) is 3.15. The van der Waals surface area contributed by atoms with Crippen molar-refractivity contribution in [1.29, 1.82) is 0 Å². The van der Waals surface area contributed by atoms with E-state index in [4.69, 9.17) is 0 Å². The van der Waals surface area contributed by atoms with Gasteiger partial charge in [-0.1, -0.05) is 28.1 Å². The number of rotatable bonds is 3. The molecule has 102 valence electrons. The van der Waals surface area contributed by atoms with E-state index < -0.39 is 0 Å². The largest absolute Gasteiger partial charge is 0.354 e. The maximum atomic E-state index is 11.9. The number of hydrogen-bond acceptors (Lipinski definition) is 2. The van der Waals surface area contributed by atoms with Crippen molar-refractivity contribution in [2.75, 3.05) is 6.54 Å². The van der Waals surface area contributed by atoms with E-state index >= 15 is 0 Å². The maximum absolute atomic E-state index is 11.9. The summed E-state index contributed by atoms with van der Waals surface area (Å²) in [5.74, 6) is -0.175. The Morgan fingerprint density at radius 1 is 1.32 bits per heavy atom. The predicted molar refractivity (Wildman–Crippen MR) is 76.6 cm³/mol. The molecule has 1 aromatic rings. The van der Waals surface area contributed by atoms with Gasteiger partial charge in [-0.2, -0.15) is 0 Å². The minimum absolute atomic E-state index is 0.0679. The lowest BCUT2D eigenvalue weighted by molar-refractivity contribution is -0.128. The summed E-state index contributed by atoms with van der Waals surface area (Å²) in [4.78, 5) is 23.6. The van der Waals surface area contributed by atoms with E-state index in [0.29, 0.717) is 13.0 Å². The Morgan fingerprint density at radius 3 is 2.79 bits per heavy atom. The maximum Gasteiger partial charge on any atom is 0.242 e. The van der Waals surface area contributed by atoms with Crippen LogP contribution in [0.15, 0.2) is 28.7 Å². The van der Waals surface area contributed by atoms with Crippen LogP contribution in [0.4, 0.5) is 0 Å². The lowest BCUT2D eigenvalue weighted by Crippen LogP contribution is -2.45. The summed E-state index contributed by atoms with van der Waals surface area (Å²) in [5.41, 5.74) is 0.940. The molecule has 0 spiro atoms. The summed E-state index contributed by atoms with van der Waals surface area (Å²) in [7, 11) is 0. The van der Waals surface area contributed by atoms with Gasteiger partial charge in [0.1, 0.15) is 6.04 Å². The van der Waals surface area contributed by atoms with Crippen LogP contribution in [0, 0.1) is 0 Å². The van der Waals surface area contributed by atoms with Crippen molar-refractivity contribution in [3.63, 3.8) is 0 Å². The van der Waals surface area contributed by atoms with Crippen LogP contribution in [0.2, 0.25) is 0 Å². The molecule has 0 saturated carbocycles. The first-order valence-corrected chi connectivity index (χ1v) is 7.26. The second-order valence-corrected chi connectivity index (χ2v) is 5.63. The molecule has 1 aliphatic rings. The molecule has 1 unspecified atom stereocenters. The van der Waals surface area contributed by atoms with Gasteiger partial charge in [0.25, 0.3) is 0 Å². The molecule has 4 nitrogen and oxygen atoms in total. The van der Waals surface area contributed by atoms with Crippen LogP contribution in [0.25, 0.3) is 0 Å². The van der Waals surface area contributed by atoms with Crippen molar-refractivity contribution in [2.45, 2.75) is 31.7 Å². The minimum atomic E-state index is -0.384. The third kappa shape index (κ3) is 4.35. The van der Waals surface area contributed by atoms with Crippen LogP contribution in [0.3, 0.4) is 0 Å². The average Bonchev–Trinajstić information content (AvgIpc) is 2.58. The van der Waals surface area contributed by atoms with Crippen LogP contribution in [0.5, 0.6) is 0 Å². The van der Waals surface area contributed by atoms with E-state index in [9.17, 15) is 9.59 Å². The highest BCUT2D eigenvalue weighted by molar-refractivity contribution is 9.10. The third-order valence-corrected chi connectivity index (χ3v) is 3.68. The second-order valence-electron chi connectivity index (χ2n) is 4.71. The van der Waals surface area contributed by atoms with Crippen molar-refractivity contribution < 1.29 is 9.59 Å². The van der Waals surface area contributed by atoms with Gasteiger partial charge in [0.15, 0.2) is 0 Å². The Labute approximate surface area is 121 Å². The molecule has 0 radical (unpaired) electrons. The van der Waals surface area contributed by atoms with Crippen molar-refractivity contribution in [2.24, 2.45) is 0 Å². The fraction of sp³-hybridized carbons (Fsp3) is 0.429. The molecule has 5 heteroatoms. The quantitative estimate of drug-likeness (QED) is 0.890. The minimum Gasteiger partial charge on any atom is -0.354 e. The second kappa shape index (κ2) is 6.70. The molecule has 19 heavy (non-hydrogen) atoms. The molecule has 2 N–H and O–H groups in total. The van der Waals surface area contributed by atoms with Crippen molar-refractivity contribution in [3.8, 4) is 0 Å². The summed E-state index contributed by atoms with van der Waals surface area (Å²) in [6, 6.07) is 7.22. The lowest BCUT2D eigenvalue weighted by Gasteiger charge is -2.15. The molecule has 1 aromatic carbocycles. The van der Waals surface area contributed by atoms with Gasteiger partial charge in [-0.3, -0.25) is 9.59 Å². The van der Waals surface area contributed by atoms with E-state index in [1.165, 1.54) is 0 Å². The van der Waals surface area contributed by atoms with Crippen LogP contribution < -0.4 is 10.6 Å². The van der Waals surface area contributed by atoms with E-state index in [0.717, 1.165) is 29.3 Å². The monoisotopic (exact) mass is 324 g/mol. The first-order valence-electron chi connectivity index (χ1n) is 6.46. The molecule has 1 heterocycles. The van der Waals surface area contributed by atoms with Crippen molar-refractivity contribution in [1.82, 2.24) is 10.6 Å². The van der Waals surface area contributed by atoms with Crippen molar-refractivity contribution in [3.05, 3.63) is 34.3 Å². The lowest BCUT2D eigenvalue weighted by atomic mass is 10.1. The molecule has 1 aliphatic heterocycles. The topological polar surface area (TPSA) is 58.2 Å². The first-order chi connectivity index (χ1) is 9.15. The van der Waals surface area contributed by atoms with Gasteiger partial charge in [0, 0.05) is 11.0 Å². The van der Waals surface area contributed by atoms with E-state index in [1.54, 1.807) is 0 Å². The highest BCUT2D eigenvalue weighted by Crippen LogP contribution is 2.11. The Balaban J connectivity index is 1.89. The smallest absolute Gasteiger partial charge is 0.242 e. The molecule has 0 aliphatic carbocycles. The molecule has 0 bridgehead atoms. The van der Waals surface area contributed by atoms with Crippen LogP contribution >= 0.6 is 15.9 Å².